The molecule has 1 aliphatic heterocycles. The average Bonchev–Trinajstić information content (AvgIpc) is 2.44. The zero-order valence-electron chi connectivity index (χ0n) is 11.3. The molecule has 0 atom stereocenters. The Bertz CT molecular complexity index is 396. The van der Waals surface area contributed by atoms with E-state index < -0.39 is 0 Å². The van der Waals surface area contributed by atoms with Crippen molar-refractivity contribution in [3.05, 3.63) is 23.8 Å². The molecule has 0 saturated carbocycles. The van der Waals surface area contributed by atoms with Crippen LogP contribution in [0.2, 0.25) is 0 Å². The summed E-state index contributed by atoms with van der Waals surface area (Å²) in [6.07, 6.45) is 3.89. The summed E-state index contributed by atoms with van der Waals surface area (Å²) in [4.78, 5) is 2.50. The van der Waals surface area contributed by atoms with Gasteiger partial charge in [-0.15, -0.1) is 0 Å². The first-order chi connectivity index (χ1) is 7.98. The van der Waals surface area contributed by atoms with Gasteiger partial charge >= 0.3 is 0 Å². The van der Waals surface area contributed by atoms with Crippen LogP contribution in [0.25, 0.3) is 0 Å². The molecule has 2 heteroatoms. The quantitative estimate of drug-likeness (QED) is 0.750. The lowest BCUT2D eigenvalue weighted by atomic mass is 9.85. The van der Waals surface area contributed by atoms with Crippen molar-refractivity contribution in [2.24, 2.45) is 5.41 Å². The van der Waals surface area contributed by atoms with E-state index in [9.17, 15) is 0 Å². The van der Waals surface area contributed by atoms with Gasteiger partial charge in [-0.1, -0.05) is 13.8 Å². The molecule has 2 N–H and O–H groups in total. The number of benzene rings is 1. The maximum absolute atomic E-state index is 5.87. The Morgan fingerprint density at radius 3 is 2.65 bits per heavy atom. The number of hydrogen-bond acceptors (Lipinski definition) is 2. The Balaban J connectivity index is 2.14. The first-order valence-corrected chi connectivity index (χ1v) is 6.59. The second kappa shape index (κ2) is 4.59. The number of nitrogens with zero attached hydrogens (tertiary/aromatic N) is 1. The normalized spacial score (nSPS) is 20.1. The maximum Gasteiger partial charge on any atom is 0.0370 e. The van der Waals surface area contributed by atoms with Crippen LogP contribution in [0.1, 0.15) is 38.7 Å². The van der Waals surface area contributed by atoms with Gasteiger partial charge in [-0.05, 0) is 55.4 Å². The molecule has 1 fully saturated rings. The fourth-order valence-electron chi connectivity index (χ4n) is 2.54. The summed E-state index contributed by atoms with van der Waals surface area (Å²) in [7, 11) is 0. The molecule has 0 bridgehead atoms. The van der Waals surface area contributed by atoms with Crippen LogP contribution in [0.5, 0.6) is 0 Å². The van der Waals surface area contributed by atoms with E-state index in [-0.39, 0.29) is 0 Å². The van der Waals surface area contributed by atoms with E-state index in [1.54, 1.807) is 0 Å². The van der Waals surface area contributed by atoms with Crippen molar-refractivity contribution in [3.8, 4) is 0 Å². The lowest BCUT2D eigenvalue weighted by Gasteiger charge is -2.25. The Kier molecular flexibility index (Phi) is 3.32. The zero-order valence-corrected chi connectivity index (χ0v) is 11.3. The largest absolute Gasteiger partial charge is 0.399 e. The minimum atomic E-state index is 0.498. The lowest BCUT2D eigenvalue weighted by molar-refractivity contribution is 0.325. The molecule has 0 radical (unpaired) electrons. The molecule has 0 spiro atoms. The number of nitrogens with two attached hydrogens (primary N) is 1. The molecule has 2 rings (SSSR count). The summed E-state index contributed by atoms with van der Waals surface area (Å²) < 4.78 is 0. The molecule has 0 aromatic heterocycles. The summed E-state index contributed by atoms with van der Waals surface area (Å²) in [5.74, 6) is 0. The van der Waals surface area contributed by atoms with Crippen LogP contribution in [-0.4, -0.2) is 13.1 Å². The third-order valence-electron chi connectivity index (χ3n) is 3.96. The van der Waals surface area contributed by atoms with E-state index in [2.05, 4.69) is 37.8 Å². The second-order valence-electron chi connectivity index (χ2n) is 6.05. The van der Waals surface area contributed by atoms with Gasteiger partial charge in [0.15, 0.2) is 0 Å². The standard InChI is InChI=1S/C15H24N2/c1-12-11-13(5-6-14(12)16)17-9-4-7-15(2,3)8-10-17/h5-6,11H,4,7-10,16H2,1-3H3. The van der Waals surface area contributed by atoms with Crippen molar-refractivity contribution in [3.63, 3.8) is 0 Å². The highest BCUT2D eigenvalue weighted by Gasteiger charge is 2.23. The van der Waals surface area contributed by atoms with Gasteiger partial charge in [-0.3, -0.25) is 0 Å². The summed E-state index contributed by atoms with van der Waals surface area (Å²) >= 11 is 0. The van der Waals surface area contributed by atoms with Gasteiger partial charge in [0, 0.05) is 24.5 Å². The molecule has 17 heavy (non-hydrogen) atoms. The summed E-state index contributed by atoms with van der Waals surface area (Å²) in [6, 6.07) is 6.40. The average molecular weight is 232 g/mol. The summed E-state index contributed by atoms with van der Waals surface area (Å²) in [5.41, 5.74) is 9.78. The van der Waals surface area contributed by atoms with Crippen LogP contribution in [-0.2, 0) is 0 Å². The molecule has 1 aromatic rings. The van der Waals surface area contributed by atoms with Crippen molar-refractivity contribution in [2.75, 3.05) is 23.7 Å². The number of rotatable bonds is 1. The van der Waals surface area contributed by atoms with E-state index >= 15 is 0 Å². The smallest absolute Gasteiger partial charge is 0.0370 e. The molecule has 0 unspecified atom stereocenters. The Morgan fingerprint density at radius 1 is 1.18 bits per heavy atom. The van der Waals surface area contributed by atoms with Crippen molar-refractivity contribution in [1.82, 2.24) is 0 Å². The Morgan fingerprint density at radius 2 is 1.94 bits per heavy atom. The van der Waals surface area contributed by atoms with Crippen LogP contribution in [0, 0.1) is 12.3 Å². The predicted molar refractivity (Wildman–Crippen MR) is 75.4 cm³/mol. The highest BCUT2D eigenvalue weighted by molar-refractivity contribution is 5.58. The highest BCUT2D eigenvalue weighted by Crippen LogP contribution is 2.32. The van der Waals surface area contributed by atoms with Gasteiger partial charge in [0.05, 0.1) is 0 Å². The van der Waals surface area contributed by atoms with Gasteiger partial charge in [0.1, 0.15) is 0 Å². The number of hydrogen-bond donors (Lipinski definition) is 1. The highest BCUT2D eigenvalue weighted by atomic mass is 15.1. The van der Waals surface area contributed by atoms with E-state index in [1.807, 2.05) is 6.07 Å². The molecule has 0 amide bonds. The van der Waals surface area contributed by atoms with Crippen LogP contribution in [0.4, 0.5) is 11.4 Å². The summed E-state index contributed by atoms with van der Waals surface area (Å²) in [5, 5.41) is 0. The molecule has 1 aliphatic rings. The molecule has 0 aliphatic carbocycles. The first kappa shape index (κ1) is 12.3. The van der Waals surface area contributed by atoms with Gasteiger partial charge in [0.2, 0.25) is 0 Å². The second-order valence-corrected chi connectivity index (χ2v) is 6.05. The molecular weight excluding hydrogens is 208 g/mol. The van der Waals surface area contributed by atoms with Gasteiger partial charge in [-0.2, -0.15) is 0 Å². The Labute approximate surface area is 105 Å². The van der Waals surface area contributed by atoms with Crippen molar-refractivity contribution >= 4 is 11.4 Å². The van der Waals surface area contributed by atoms with E-state index in [0.29, 0.717) is 5.41 Å². The third-order valence-corrected chi connectivity index (χ3v) is 3.96. The SMILES string of the molecule is Cc1cc(N2CCCC(C)(C)CC2)ccc1N. The Hall–Kier alpha value is -1.18. The fraction of sp³-hybridized carbons (Fsp3) is 0.600. The minimum Gasteiger partial charge on any atom is -0.399 e. The van der Waals surface area contributed by atoms with Crippen molar-refractivity contribution in [2.45, 2.75) is 40.0 Å². The van der Waals surface area contributed by atoms with Gasteiger partial charge < -0.3 is 10.6 Å². The molecule has 1 aromatic carbocycles. The fourth-order valence-corrected chi connectivity index (χ4v) is 2.54. The van der Waals surface area contributed by atoms with Crippen LogP contribution >= 0.6 is 0 Å². The lowest BCUT2D eigenvalue weighted by Crippen LogP contribution is -2.25. The summed E-state index contributed by atoms with van der Waals surface area (Å²) in [6.45, 7) is 9.18. The number of anilines is 2. The molecule has 1 saturated heterocycles. The van der Waals surface area contributed by atoms with Gasteiger partial charge in [0.25, 0.3) is 0 Å². The zero-order chi connectivity index (χ0) is 12.5. The van der Waals surface area contributed by atoms with E-state index in [1.165, 1.54) is 37.1 Å². The predicted octanol–water partition coefficient (Wildman–Crippen LogP) is 3.59. The van der Waals surface area contributed by atoms with Crippen LogP contribution in [0.3, 0.4) is 0 Å². The van der Waals surface area contributed by atoms with Crippen LogP contribution < -0.4 is 10.6 Å². The molecule has 1 heterocycles. The van der Waals surface area contributed by atoms with Crippen LogP contribution in [0.15, 0.2) is 18.2 Å². The molecule has 2 nitrogen and oxygen atoms in total. The van der Waals surface area contributed by atoms with E-state index in [0.717, 1.165) is 12.2 Å². The van der Waals surface area contributed by atoms with Crippen molar-refractivity contribution in [1.29, 1.82) is 0 Å². The molecule has 94 valence electrons. The minimum absolute atomic E-state index is 0.498. The molecular formula is C15H24N2. The van der Waals surface area contributed by atoms with E-state index in [4.69, 9.17) is 5.73 Å². The maximum atomic E-state index is 5.87. The number of aryl methyl sites for hydroxylation is 1. The first-order valence-electron chi connectivity index (χ1n) is 6.59. The number of nitrogen functional groups attached to an aromatic ring is 1. The topological polar surface area (TPSA) is 29.3 Å². The van der Waals surface area contributed by atoms with Crippen molar-refractivity contribution < 1.29 is 0 Å². The van der Waals surface area contributed by atoms with Gasteiger partial charge in [-0.25, -0.2) is 0 Å². The third kappa shape index (κ3) is 2.93. The monoisotopic (exact) mass is 232 g/mol.